The number of halogens is 1. The fourth-order valence-corrected chi connectivity index (χ4v) is 3.17. The van der Waals surface area contributed by atoms with Crippen LogP contribution in [0, 0.1) is 5.82 Å². The Morgan fingerprint density at radius 1 is 1.14 bits per heavy atom. The summed E-state index contributed by atoms with van der Waals surface area (Å²) < 4.78 is 21.3. The summed E-state index contributed by atoms with van der Waals surface area (Å²) in [4.78, 5) is 30.3. The van der Waals surface area contributed by atoms with Crippen LogP contribution in [0.2, 0.25) is 0 Å². The molecule has 0 bridgehead atoms. The molecule has 2 aromatic rings. The Labute approximate surface area is 167 Å². The maximum Gasteiger partial charge on any atom is 0.437 e. The van der Waals surface area contributed by atoms with E-state index in [1.54, 1.807) is 37.5 Å². The minimum absolute atomic E-state index is 0.0631. The number of carbonyl (C=O) groups is 1. The Hall–Kier alpha value is -3.56. The summed E-state index contributed by atoms with van der Waals surface area (Å²) in [5.74, 6) is -0.860. The minimum Gasteiger partial charge on any atom is -0.443 e. The lowest BCUT2D eigenvalue weighted by Crippen LogP contribution is -2.47. The van der Waals surface area contributed by atoms with Gasteiger partial charge in [-0.2, -0.15) is 0 Å². The Morgan fingerprint density at radius 2 is 1.83 bits per heavy atom. The molecular weight excluding hydrogens is 379 g/mol. The highest BCUT2D eigenvalue weighted by Crippen LogP contribution is 2.25. The molecule has 1 amide bonds. The maximum atomic E-state index is 14.9. The van der Waals surface area contributed by atoms with Crippen LogP contribution in [0.5, 0.6) is 0 Å². The highest BCUT2D eigenvalue weighted by Gasteiger charge is 2.21. The van der Waals surface area contributed by atoms with Gasteiger partial charge in [0.15, 0.2) is 11.8 Å². The van der Waals surface area contributed by atoms with Gasteiger partial charge >= 0.3 is 6.09 Å². The maximum absolute atomic E-state index is 14.9. The summed E-state index contributed by atoms with van der Waals surface area (Å²) >= 11 is 0. The molecule has 10 heteroatoms. The zero-order valence-corrected chi connectivity index (χ0v) is 16.0. The summed E-state index contributed by atoms with van der Waals surface area (Å²) in [6.07, 6.45) is 0.824. The molecule has 1 aliphatic rings. The Bertz CT molecular complexity index is 978. The van der Waals surface area contributed by atoms with E-state index in [1.807, 2.05) is 4.90 Å². The van der Waals surface area contributed by atoms with Gasteiger partial charge < -0.3 is 30.6 Å². The second-order valence-corrected chi connectivity index (χ2v) is 6.65. The number of carbonyl (C=O) groups excluding carboxylic acids is 1. The van der Waals surface area contributed by atoms with E-state index in [9.17, 15) is 14.0 Å². The molecule has 1 saturated heterocycles. The predicted octanol–water partition coefficient (Wildman–Crippen LogP) is 0.761. The number of amides is 1. The molecule has 1 aromatic heterocycles. The van der Waals surface area contributed by atoms with Gasteiger partial charge in [0, 0.05) is 51.1 Å². The first-order chi connectivity index (χ1) is 13.8. The van der Waals surface area contributed by atoms with Gasteiger partial charge in [-0.05, 0) is 12.1 Å². The van der Waals surface area contributed by atoms with Crippen molar-refractivity contribution in [1.82, 2.24) is 4.57 Å². The van der Waals surface area contributed by atoms with Gasteiger partial charge in [-0.15, -0.1) is 4.99 Å². The quantitative estimate of drug-likeness (QED) is 0.572. The molecule has 1 aromatic carbocycles. The molecule has 0 spiro atoms. The average Bonchev–Trinajstić information content (AvgIpc) is 2.69. The standard InChI is InChI=1S/C19H23FN6O3/c1-24-11-14(5-6-16(24)27)25-7-9-26(10-8-25)15-4-2-3-13(17(15)20)12-29-19(28)23-18(21)22/h2-6,11H,7-10,12H2,1H3,(H4,21,22,23,28). The number of aryl methyl sites for hydroxylation is 1. The van der Waals surface area contributed by atoms with Crippen molar-refractivity contribution in [2.45, 2.75) is 6.61 Å². The molecule has 2 heterocycles. The van der Waals surface area contributed by atoms with Gasteiger partial charge in [-0.3, -0.25) is 4.79 Å². The molecule has 1 aliphatic heterocycles. The van der Waals surface area contributed by atoms with Crippen molar-refractivity contribution >= 4 is 23.4 Å². The van der Waals surface area contributed by atoms with Crippen LogP contribution in [-0.2, 0) is 18.4 Å². The normalized spacial score (nSPS) is 13.9. The number of hydrogen-bond acceptors (Lipinski definition) is 5. The van der Waals surface area contributed by atoms with Gasteiger partial charge in [0.1, 0.15) is 6.61 Å². The van der Waals surface area contributed by atoms with Crippen molar-refractivity contribution in [3.8, 4) is 0 Å². The van der Waals surface area contributed by atoms with Crippen LogP contribution in [0.25, 0.3) is 0 Å². The SMILES string of the molecule is Cn1cc(N2CCN(c3cccc(COC(=O)N=C(N)N)c3F)CC2)ccc1=O. The Kier molecular flexibility index (Phi) is 6.01. The Balaban J connectivity index is 1.66. The van der Waals surface area contributed by atoms with Crippen LogP contribution >= 0.6 is 0 Å². The van der Waals surface area contributed by atoms with Gasteiger partial charge in [-0.25, -0.2) is 9.18 Å². The van der Waals surface area contributed by atoms with Crippen molar-refractivity contribution in [3.63, 3.8) is 0 Å². The van der Waals surface area contributed by atoms with Crippen LogP contribution < -0.4 is 26.8 Å². The number of piperazine rings is 1. The predicted molar refractivity (Wildman–Crippen MR) is 109 cm³/mol. The molecular formula is C19H23FN6O3. The first-order valence-electron chi connectivity index (χ1n) is 9.05. The van der Waals surface area contributed by atoms with Gasteiger partial charge in [0.25, 0.3) is 0 Å². The van der Waals surface area contributed by atoms with Crippen LogP contribution in [0.4, 0.5) is 20.6 Å². The first kappa shape index (κ1) is 20.2. The number of hydrogen-bond donors (Lipinski definition) is 2. The van der Waals surface area contributed by atoms with Gasteiger partial charge in [-0.1, -0.05) is 12.1 Å². The molecule has 4 N–H and O–H groups in total. The van der Waals surface area contributed by atoms with E-state index in [0.717, 1.165) is 5.69 Å². The molecule has 29 heavy (non-hydrogen) atoms. The fraction of sp³-hybridized carbons (Fsp3) is 0.316. The summed E-state index contributed by atoms with van der Waals surface area (Å²) in [7, 11) is 1.71. The van der Waals surface area contributed by atoms with E-state index in [2.05, 4.69) is 9.89 Å². The highest BCUT2D eigenvalue weighted by atomic mass is 19.1. The van der Waals surface area contributed by atoms with Crippen molar-refractivity contribution in [3.05, 3.63) is 58.3 Å². The van der Waals surface area contributed by atoms with Crippen molar-refractivity contribution in [2.24, 2.45) is 23.5 Å². The lowest BCUT2D eigenvalue weighted by molar-refractivity contribution is 0.149. The topological polar surface area (TPSA) is 119 Å². The number of rotatable bonds is 4. The summed E-state index contributed by atoms with van der Waals surface area (Å²) in [5.41, 5.74) is 11.8. The molecule has 3 rings (SSSR count). The number of nitrogens with zero attached hydrogens (tertiary/aromatic N) is 4. The summed E-state index contributed by atoms with van der Waals surface area (Å²) in [6.45, 7) is 2.31. The number of aromatic nitrogens is 1. The number of anilines is 2. The molecule has 0 saturated carbocycles. The van der Waals surface area contributed by atoms with Gasteiger partial charge in [0.05, 0.1) is 11.4 Å². The zero-order valence-electron chi connectivity index (χ0n) is 16.0. The molecule has 0 atom stereocenters. The van der Waals surface area contributed by atoms with Crippen LogP contribution in [0.1, 0.15) is 5.56 Å². The largest absolute Gasteiger partial charge is 0.443 e. The van der Waals surface area contributed by atoms with Crippen molar-refractivity contribution in [2.75, 3.05) is 36.0 Å². The Morgan fingerprint density at radius 3 is 2.48 bits per heavy atom. The molecule has 0 unspecified atom stereocenters. The molecule has 1 fully saturated rings. The molecule has 0 radical (unpaired) electrons. The van der Waals surface area contributed by atoms with Crippen LogP contribution in [-0.4, -0.2) is 42.8 Å². The monoisotopic (exact) mass is 402 g/mol. The number of ether oxygens (including phenoxy) is 1. The number of benzene rings is 1. The van der Waals surface area contributed by atoms with E-state index in [0.29, 0.717) is 31.9 Å². The summed E-state index contributed by atoms with van der Waals surface area (Å²) in [6, 6.07) is 8.28. The molecule has 154 valence electrons. The van der Waals surface area contributed by atoms with Crippen LogP contribution in [0.3, 0.4) is 0 Å². The molecule has 0 aliphatic carbocycles. The van der Waals surface area contributed by atoms with Crippen molar-refractivity contribution in [1.29, 1.82) is 0 Å². The minimum atomic E-state index is -0.972. The number of aliphatic imine (C=N–C) groups is 1. The third-order valence-corrected chi connectivity index (χ3v) is 4.69. The van der Waals surface area contributed by atoms with Crippen LogP contribution in [0.15, 0.2) is 46.3 Å². The molecule has 9 nitrogen and oxygen atoms in total. The first-order valence-corrected chi connectivity index (χ1v) is 9.05. The fourth-order valence-electron chi connectivity index (χ4n) is 3.17. The van der Waals surface area contributed by atoms with Gasteiger partial charge in [0.2, 0.25) is 5.56 Å². The number of pyridine rings is 1. The lowest BCUT2D eigenvalue weighted by atomic mass is 10.1. The van der Waals surface area contributed by atoms with E-state index in [4.69, 9.17) is 16.2 Å². The van der Waals surface area contributed by atoms with Crippen molar-refractivity contribution < 1.29 is 13.9 Å². The number of guanidine groups is 1. The third-order valence-electron chi connectivity index (χ3n) is 4.69. The third kappa shape index (κ3) is 4.84. The lowest BCUT2D eigenvalue weighted by Gasteiger charge is -2.37. The summed E-state index contributed by atoms with van der Waals surface area (Å²) in [5, 5.41) is 0. The smallest absolute Gasteiger partial charge is 0.437 e. The van der Waals surface area contributed by atoms with E-state index < -0.39 is 17.9 Å². The number of nitrogens with two attached hydrogens (primary N) is 2. The second kappa shape index (κ2) is 8.63. The van der Waals surface area contributed by atoms with E-state index >= 15 is 0 Å². The highest BCUT2D eigenvalue weighted by molar-refractivity contribution is 5.87. The van der Waals surface area contributed by atoms with E-state index in [-0.39, 0.29) is 17.7 Å². The van der Waals surface area contributed by atoms with E-state index in [1.165, 1.54) is 10.6 Å². The second-order valence-electron chi connectivity index (χ2n) is 6.65. The average molecular weight is 402 g/mol. The zero-order chi connectivity index (χ0) is 21.0.